The number of nitrogens with zero attached hydrogens (tertiary/aromatic N) is 2. The highest BCUT2D eigenvalue weighted by Crippen LogP contribution is 2.23. The van der Waals surface area contributed by atoms with Crippen LogP contribution in [0.3, 0.4) is 0 Å². The van der Waals surface area contributed by atoms with Crippen LogP contribution in [-0.2, 0) is 0 Å². The first-order chi connectivity index (χ1) is 7.47. The lowest BCUT2D eigenvalue weighted by Crippen LogP contribution is -2.10. The van der Waals surface area contributed by atoms with E-state index in [9.17, 15) is 13.6 Å². The normalized spacial score (nSPS) is 12.8. The fraction of sp³-hybridized carbons (Fsp3) is 0.500. The summed E-state index contributed by atoms with van der Waals surface area (Å²) in [5, 5.41) is 8.69. The Morgan fingerprint density at radius 2 is 2.19 bits per heavy atom. The van der Waals surface area contributed by atoms with Crippen LogP contribution in [0.15, 0.2) is 6.20 Å². The van der Waals surface area contributed by atoms with Crippen LogP contribution in [0, 0.1) is 0 Å². The van der Waals surface area contributed by atoms with E-state index in [4.69, 9.17) is 5.11 Å². The molecule has 1 N–H and O–H groups in total. The van der Waals surface area contributed by atoms with E-state index in [-0.39, 0.29) is 11.7 Å². The summed E-state index contributed by atoms with van der Waals surface area (Å²) >= 11 is 0. The Kier molecular flexibility index (Phi) is 3.87. The van der Waals surface area contributed by atoms with Crippen LogP contribution in [0.5, 0.6) is 0 Å². The van der Waals surface area contributed by atoms with Gasteiger partial charge < -0.3 is 5.11 Å². The molecule has 0 radical (unpaired) electrons. The van der Waals surface area contributed by atoms with Crippen LogP contribution >= 0.6 is 0 Å². The van der Waals surface area contributed by atoms with Gasteiger partial charge in [0, 0.05) is 12.1 Å². The molecule has 1 aromatic heterocycles. The number of rotatable bonds is 4. The highest BCUT2D eigenvalue weighted by molar-refractivity contribution is 5.88. The van der Waals surface area contributed by atoms with Gasteiger partial charge in [0.15, 0.2) is 0 Å². The lowest BCUT2D eigenvalue weighted by Gasteiger charge is -2.10. The first-order valence-electron chi connectivity index (χ1n) is 4.85. The minimum absolute atomic E-state index is 0.0691. The maximum absolute atomic E-state index is 12.6. The summed E-state index contributed by atoms with van der Waals surface area (Å²) in [6.07, 6.45) is -1.26. The van der Waals surface area contributed by atoms with E-state index in [2.05, 4.69) is 9.97 Å². The number of alkyl halides is 2. The summed E-state index contributed by atoms with van der Waals surface area (Å²) < 4.78 is 25.2. The Hall–Kier alpha value is -1.59. The zero-order chi connectivity index (χ0) is 12.3. The maximum Gasteiger partial charge on any atom is 0.339 e. The van der Waals surface area contributed by atoms with Crippen molar-refractivity contribution in [3.63, 3.8) is 0 Å². The van der Waals surface area contributed by atoms with Crippen molar-refractivity contribution in [1.82, 2.24) is 9.97 Å². The molecule has 6 heteroatoms. The SMILES string of the molecule is CCC(C)c1ncc(C(=O)O)c(C(F)F)n1. The molecular formula is C10H12F2N2O2. The standard InChI is InChI=1S/C10H12F2N2O2/c1-3-5(2)9-13-4-6(10(15)16)7(14-9)8(11)12/h4-5,8H,3H2,1-2H3,(H,15,16). The summed E-state index contributed by atoms with van der Waals surface area (Å²) in [4.78, 5) is 18.1. The Balaban J connectivity index is 3.22. The van der Waals surface area contributed by atoms with Gasteiger partial charge in [-0.1, -0.05) is 13.8 Å². The minimum Gasteiger partial charge on any atom is -0.478 e. The molecule has 4 nitrogen and oxygen atoms in total. The average Bonchev–Trinajstić information content (AvgIpc) is 2.26. The largest absolute Gasteiger partial charge is 0.478 e. The molecule has 1 unspecified atom stereocenters. The summed E-state index contributed by atoms with van der Waals surface area (Å²) in [6, 6.07) is 0. The summed E-state index contributed by atoms with van der Waals surface area (Å²) in [6.45, 7) is 3.67. The molecule has 16 heavy (non-hydrogen) atoms. The molecule has 1 rings (SSSR count). The van der Waals surface area contributed by atoms with E-state index in [0.29, 0.717) is 6.42 Å². The molecule has 0 bridgehead atoms. The van der Waals surface area contributed by atoms with Gasteiger partial charge in [0.2, 0.25) is 0 Å². The quantitative estimate of drug-likeness (QED) is 0.863. The molecule has 0 aliphatic carbocycles. The molecule has 0 aromatic carbocycles. The number of aromatic nitrogens is 2. The second-order valence-corrected chi connectivity index (χ2v) is 3.44. The average molecular weight is 230 g/mol. The van der Waals surface area contributed by atoms with Crippen LogP contribution in [0.25, 0.3) is 0 Å². The Labute approximate surface area is 91.3 Å². The second-order valence-electron chi connectivity index (χ2n) is 3.44. The number of aromatic carboxylic acids is 1. The van der Waals surface area contributed by atoms with E-state index in [1.807, 2.05) is 6.92 Å². The van der Waals surface area contributed by atoms with E-state index in [1.54, 1.807) is 6.92 Å². The molecule has 0 saturated carbocycles. The number of carbonyl (C=O) groups is 1. The Morgan fingerprint density at radius 3 is 2.62 bits per heavy atom. The molecule has 1 atom stereocenters. The number of carboxylic acid groups (broad SMARTS) is 1. The molecule has 1 aromatic rings. The topological polar surface area (TPSA) is 63.1 Å². The zero-order valence-electron chi connectivity index (χ0n) is 8.94. The molecule has 0 fully saturated rings. The van der Waals surface area contributed by atoms with Crippen molar-refractivity contribution < 1.29 is 18.7 Å². The van der Waals surface area contributed by atoms with E-state index < -0.39 is 23.7 Å². The summed E-state index contributed by atoms with van der Waals surface area (Å²) in [5.41, 5.74) is -1.25. The molecule has 0 aliphatic heterocycles. The number of hydrogen-bond acceptors (Lipinski definition) is 3. The van der Waals surface area contributed by atoms with Gasteiger partial charge in [0.25, 0.3) is 6.43 Å². The van der Waals surface area contributed by atoms with Gasteiger partial charge in [-0.25, -0.2) is 23.5 Å². The molecule has 0 spiro atoms. The van der Waals surface area contributed by atoms with E-state index >= 15 is 0 Å². The lowest BCUT2D eigenvalue weighted by atomic mass is 10.1. The van der Waals surface area contributed by atoms with Crippen LogP contribution in [0.1, 0.15) is 54.5 Å². The molecule has 0 saturated heterocycles. The smallest absolute Gasteiger partial charge is 0.339 e. The van der Waals surface area contributed by atoms with Crippen LogP contribution in [0.2, 0.25) is 0 Å². The van der Waals surface area contributed by atoms with Crippen molar-refractivity contribution in [2.24, 2.45) is 0 Å². The summed E-state index contributed by atoms with van der Waals surface area (Å²) in [7, 11) is 0. The fourth-order valence-corrected chi connectivity index (χ4v) is 1.16. The van der Waals surface area contributed by atoms with E-state index in [0.717, 1.165) is 6.20 Å². The number of halogens is 2. The van der Waals surface area contributed by atoms with Gasteiger partial charge >= 0.3 is 5.97 Å². The van der Waals surface area contributed by atoms with Crippen LogP contribution < -0.4 is 0 Å². The third-order valence-electron chi connectivity index (χ3n) is 2.33. The first-order valence-corrected chi connectivity index (χ1v) is 4.85. The van der Waals surface area contributed by atoms with Crippen molar-refractivity contribution in [3.05, 3.63) is 23.3 Å². The number of carboxylic acids is 1. The predicted octanol–water partition coefficient (Wildman–Crippen LogP) is 2.63. The second kappa shape index (κ2) is 4.96. The lowest BCUT2D eigenvalue weighted by molar-refractivity contribution is 0.0681. The zero-order valence-corrected chi connectivity index (χ0v) is 8.94. The first kappa shape index (κ1) is 12.5. The third-order valence-corrected chi connectivity index (χ3v) is 2.33. The predicted molar refractivity (Wildman–Crippen MR) is 52.7 cm³/mol. The Morgan fingerprint density at radius 1 is 1.56 bits per heavy atom. The molecule has 1 heterocycles. The van der Waals surface area contributed by atoms with Gasteiger partial charge in [-0.3, -0.25) is 0 Å². The van der Waals surface area contributed by atoms with Crippen molar-refractivity contribution in [3.8, 4) is 0 Å². The van der Waals surface area contributed by atoms with Crippen LogP contribution in [-0.4, -0.2) is 21.0 Å². The van der Waals surface area contributed by atoms with Crippen LogP contribution in [0.4, 0.5) is 8.78 Å². The van der Waals surface area contributed by atoms with Gasteiger partial charge in [-0.2, -0.15) is 0 Å². The molecule has 88 valence electrons. The van der Waals surface area contributed by atoms with E-state index in [1.165, 1.54) is 0 Å². The van der Waals surface area contributed by atoms with Gasteiger partial charge in [-0.05, 0) is 6.42 Å². The van der Waals surface area contributed by atoms with Crippen molar-refractivity contribution >= 4 is 5.97 Å². The molecule has 0 amide bonds. The van der Waals surface area contributed by atoms with Crippen molar-refractivity contribution in [2.45, 2.75) is 32.6 Å². The van der Waals surface area contributed by atoms with Gasteiger partial charge in [0.1, 0.15) is 17.1 Å². The summed E-state index contributed by atoms with van der Waals surface area (Å²) in [5.74, 6) is -1.26. The van der Waals surface area contributed by atoms with Gasteiger partial charge in [0.05, 0.1) is 0 Å². The highest BCUT2D eigenvalue weighted by Gasteiger charge is 2.22. The maximum atomic E-state index is 12.6. The highest BCUT2D eigenvalue weighted by atomic mass is 19.3. The number of hydrogen-bond donors (Lipinski definition) is 1. The van der Waals surface area contributed by atoms with Crippen molar-refractivity contribution in [1.29, 1.82) is 0 Å². The molecular weight excluding hydrogens is 218 g/mol. The monoisotopic (exact) mass is 230 g/mol. The molecule has 0 aliphatic rings. The van der Waals surface area contributed by atoms with Crippen molar-refractivity contribution in [2.75, 3.05) is 0 Å². The fourth-order valence-electron chi connectivity index (χ4n) is 1.16. The Bertz CT molecular complexity index is 396. The third kappa shape index (κ3) is 2.50. The van der Waals surface area contributed by atoms with Gasteiger partial charge in [-0.15, -0.1) is 0 Å². The minimum atomic E-state index is -2.91.